The van der Waals surface area contributed by atoms with E-state index < -0.39 is 0 Å². The number of pyridine rings is 1. The van der Waals surface area contributed by atoms with Gasteiger partial charge in [0, 0.05) is 30.7 Å². The summed E-state index contributed by atoms with van der Waals surface area (Å²) in [5.74, 6) is 0.243. The van der Waals surface area contributed by atoms with E-state index in [0.717, 1.165) is 5.56 Å². The Morgan fingerprint density at radius 3 is 2.50 bits per heavy atom. The van der Waals surface area contributed by atoms with Crippen molar-refractivity contribution < 1.29 is 9.59 Å². The van der Waals surface area contributed by atoms with Crippen LogP contribution >= 0.6 is 11.8 Å². The molecule has 0 spiro atoms. The van der Waals surface area contributed by atoms with Gasteiger partial charge in [-0.2, -0.15) is 0 Å². The molecule has 0 saturated carbocycles. The topological polar surface area (TPSA) is 102 Å². The van der Waals surface area contributed by atoms with Crippen LogP contribution in [-0.2, 0) is 11.8 Å². The lowest BCUT2D eigenvalue weighted by molar-refractivity contribution is -0.113. The maximum atomic E-state index is 12.7. The Balaban J connectivity index is 1.40. The van der Waals surface area contributed by atoms with Gasteiger partial charge in [0.25, 0.3) is 5.91 Å². The van der Waals surface area contributed by atoms with Crippen molar-refractivity contribution in [2.45, 2.75) is 5.16 Å². The number of nitrogens with zero attached hydrogens (tertiary/aromatic N) is 4. The quantitative estimate of drug-likeness (QED) is 0.420. The third kappa shape index (κ3) is 5.01. The van der Waals surface area contributed by atoms with E-state index >= 15 is 0 Å². The summed E-state index contributed by atoms with van der Waals surface area (Å²) < 4.78 is 1.82. The fourth-order valence-electron chi connectivity index (χ4n) is 3.01. The van der Waals surface area contributed by atoms with Crippen LogP contribution in [0.4, 0.5) is 11.4 Å². The highest BCUT2D eigenvalue weighted by Gasteiger charge is 2.16. The van der Waals surface area contributed by atoms with Crippen molar-refractivity contribution in [1.82, 2.24) is 19.7 Å². The number of para-hydroxylation sites is 2. The Morgan fingerprint density at radius 1 is 0.938 bits per heavy atom. The summed E-state index contributed by atoms with van der Waals surface area (Å²) in [6.07, 6.45) is 3.40. The summed E-state index contributed by atoms with van der Waals surface area (Å²) in [7, 11) is 1.84. The summed E-state index contributed by atoms with van der Waals surface area (Å²) in [6, 6.07) is 19.8. The molecule has 2 N–H and O–H groups in total. The maximum absolute atomic E-state index is 12.7. The van der Waals surface area contributed by atoms with Gasteiger partial charge in [0.1, 0.15) is 0 Å². The van der Waals surface area contributed by atoms with Gasteiger partial charge in [0.05, 0.1) is 17.0 Å². The van der Waals surface area contributed by atoms with Crippen LogP contribution in [0.1, 0.15) is 10.4 Å². The first kappa shape index (κ1) is 21.3. The predicted molar refractivity (Wildman–Crippen MR) is 124 cm³/mol. The van der Waals surface area contributed by atoms with Crippen LogP contribution < -0.4 is 10.6 Å². The minimum Gasteiger partial charge on any atom is -0.325 e. The summed E-state index contributed by atoms with van der Waals surface area (Å²) in [5, 5.41) is 14.6. The van der Waals surface area contributed by atoms with Gasteiger partial charge < -0.3 is 15.2 Å². The van der Waals surface area contributed by atoms with Gasteiger partial charge in [0.2, 0.25) is 5.91 Å². The summed E-state index contributed by atoms with van der Waals surface area (Å²) in [5.41, 5.74) is 2.35. The van der Waals surface area contributed by atoms with E-state index in [9.17, 15) is 9.59 Å². The molecule has 0 bridgehead atoms. The molecule has 2 aromatic carbocycles. The van der Waals surface area contributed by atoms with Gasteiger partial charge in [-0.25, -0.2) is 0 Å². The third-order valence-electron chi connectivity index (χ3n) is 4.56. The van der Waals surface area contributed by atoms with Crippen LogP contribution in [-0.4, -0.2) is 37.3 Å². The average molecular weight is 445 g/mol. The molecule has 160 valence electrons. The SMILES string of the molecule is Cn1c(SCC(=O)Nc2ccccc2C(=O)Nc2ccccc2)nnc1-c1cccnc1. The molecule has 0 saturated heterocycles. The zero-order valence-corrected chi connectivity index (χ0v) is 18.0. The highest BCUT2D eigenvalue weighted by atomic mass is 32.2. The summed E-state index contributed by atoms with van der Waals surface area (Å²) in [6.45, 7) is 0. The van der Waals surface area contributed by atoms with Crippen LogP contribution in [0.2, 0.25) is 0 Å². The molecule has 0 radical (unpaired) electrons. The van der Waals surface area contributed by atoms with Crippen molar-refractivity contribution >= 4 is 35.0 Å². The lowest BCUT2D eigenvalue weighted by atomic mass is 10.1. The Hall–Kier alpha value is -3.98. The number of aromatic nitrogens is 4. The van der Waals surface area contributed by atoms with Gasteiger partial charge in [-0.05, 0) is 36.4 Å². The number of rotatable bonds is 7. The fourth-order valence-corrected chi connectivity index (χ4v) is 3.72. The van der Waals surface area contributed by atoms with Crippen LogP contribution in [0.5, 0.6) is 0 Å². The largest absolute Gasteiger partial charge is 0.325 e. The van der Waals surface area contributed by atoms with Gasteiger partial charge in [-0.15, -0.1) is 10.2 Å². The molecule has 9 heteroatoms. The molecule has 0 aliphatic rings. The molecular weight excluding hydrogens is 424 g/mol. The first-order valence-electron chi connectivity index (χ1n) is 9.79. The van der Waals surface area contributed by atoms with Crippen LogP contribution in [0.25, 0.3) is 11.4 Å². The molecule has 2 aromatic heterocycles. The zero-order chi connectivity index (χ0) is 22.3. The second-order valence-electron chi connectivity index (χ2n) is 6.81. The van der Waals surface area contributed by atoms with Gasteiger partial charge in [-0.1, -0.05) is 42.1 Å². The first-order chi connectivity index (χ1) is 15.6. The van der Waals surface area contributed by atoms with Crippen molar-refractivity contribution in [3.8, 4) is 11.4 Å². The average Bonchev–Trinajstić information content (AvgIpc) is 3.19. The number of carbonyl (C=O) groups is 2. The Labute approximate surface area is 189 Å². The van der Waals surface area contributed by atoms with E-state index in [1.54, 1.807) is 48.8 Å². The molecule has 8 nitrogen and oxygen atoms in total. The lowest BCUT2D eigenvalue weighted by Gasteiger charge is -2.11. The van der Waals surface area contributed by atoms with E-state index in [4.69, 9.17) is 0 Å². The zero-order valence-electron chi connectivity index (χ0n) is 17.2. The maximum Gasteiger partial charge on any atom is 0.257 e. The molecule has 4 rings (SSSR count). The van der Waals surface area contributed by atoms with Gasteiger partial charge in [-0.3, -0.25) is 14.6 Å². The normalized spacial score (nSPS) is 10.5. The predicted octanol–water partition coefficient (Wildman–Crippen LogP) is 3.86. The number of thioether (sulfide) groups is 1. The number of anilines is 2. The molecule has 4 aromatic rings. The van der Waals surface area contributed by atoms with E-state index in [-0.39, 0.29) is 17.6 Å². The van der Waals surface area contributed by atoms with Crippen molar-refractivity contribution in [2.75, 3.05) is 16.4 Å². The van der Waals surface area contributed by atoms with E-state index in [1.807, 2.05) is 41.9 Å². The number of hydrogen-bond acceptors (Lipinski definition) is 6. The molecule has 0 aliphatic heterocycles. The minimum atomic E-state index is -0.297. The summed E-state index contributed by atoms with van der Waals surface area (Å²) in [4.78, 5) is 29.4. The molecule has 0 fully saturated rings. The molecular formula is C23H20N6O2S. The van der Waals surface area contributed by atoms with E-state index in [0.29, 0.717) is 27.9 Å². The van der Waals surface area contributed by atoms with Crippen molar-refractivity contribution in [3.05, 3.63) is 84.7 Å². The van der Waals surface area contributed by atoms with Crippen LogP contribution in [0.3, 0.4) is 0 Å². The second kappa shape index (κ2) is 9.88. The van der Waals surface area contributed by atoms with Crippen LogP contribution in [0.15, 0.2) is 84.3 Å². The van der Waals surface area contributed by atoms with Crippen molar-refractivity contribution in [2.24, 2.45) is 7.05 Å². The lowest BCUT2D eigenvalue weighted by Crippen LogP contribution is -2.19. The van der Waals surface area contributed by atoms with Gasteiger partial charge >= 0.3 is 0 Å². The number of hydrogen-bond donors (Lipinski definition) is 2. The van der Waals surface area contributed by atoms with E-state index in [1.165, 1.54) is 11.8 Å². The highest BCUT2D eigenvalue weighted by Crippen LogP contribution is 2.23. The molecule has 0 atom stereocenters. The number of nitrogens with one attached hydrogen (secondary N) is 2. The molecule has 32 heavy (non-hydrogen) atoms. The molecule has 0 aliphatic carbocycles. The minimum absolute atomic E-state index is 0.119. The standard InChI is InChI=1S/C23H20N6O2S/c1-29-21(16-8-7-13-24-14-16)27-28-23(29)32-15-20(30)26-19-12-6-5-11-18(19)22(31)25-17-9-3-2-4-10-17/h2-14H,15H2,1H3,(H,25,31)(H,26,30). The Bertz CT molecular complexity index is 1230. The van der Waals surface area contributed by atoms with E-state index in [2.05, 4.69) is 25.8 Å². The number of amides is 2. The van der Waals surface area contributed by atoms with Crippen molar-refractivity contribution in [3.63, 3.8) is 0 Å². The molecule has 2 amide bonds. The molecule has 2 heterocycles. The summed E-state index contributed by atoms with van der Waals surface area (Å²) >= 11 is 1.26. The smallest absolute Gasteiger partial charge is 0.257 e. The fraction of sp³-hybridized carbons (Fsp3) is 0.0870. The first-order valence-corrected chi connectivity index (χ1v) is 10.8. The van der Waals surface area contributed by atoms with Crippen molar-refractivity contribution in [1.29, 1.82) is 0 Å². The van der Waals surface area contributed by atoms with Gasteiger partial charge in [0.15, 0.2) is 11.0 Å². The highest BCUT2D eigenvalue weighted by molar-refractivity contribution is 7.99. The monoisotopic (exact) mass is 444 g/mol. The van der Waals surface area contributed by atoms with Crippen LogP contribution in [0, 0.1) is 0 Å². The number of carbonyl (C=O) groups excluding carboxylic acids is 2. The number of benzene rings is 2. The Morgan fingerprint density at radius 2 is 1.72 bits per heavy atom. The molecule has 0 unspecified atom stereocenters. The Kier molecular flexibility index (Phi) is 6.57. The third-order valence-corrected chi connectivity index (χ3v) is 5.58. The second-order valence-corrected chi connectivity index (χ2v) is 7.75.